The topological polar surface area (TPSA) is 63.8 Å². The second-order valence-electron chi connectivity index (χ2n) is 5.66. The highest BCUT2D eigenvalue weighted by Crippen LogP contribution is 2.35. The van der Waals surface area contributed by atoms with Gasteiger partial charge in [0.1, 0.15) is 18.0 Å². The zero-order chi connectivity index (χ0) is 14.1. The predicted molar refractivity (Wildman–Crippen MR) is 81.9 cm³/mol. The van der Waals surface area contributed by atoms with Gasteiger partial charge >= 0.3 is 0 Å². The molecule has 2 aromatic rings. The lowest BCUT2D eigenvalue weighted by molar-refractivity contribution is 0.633. The van der Waals surface area contributed by atoms with Gasteiger partial charge in [0.2, 0.25) is 0 Å². The summed E-state index contributed by atoms with van der Waals surface area (Å²) in [6, 6.07) is 8.62. The van der Waals surface area contributed by atoms with E-state index in [2.05, 4.69) is 53.4 Å². The van der Waals surface area contributed by atoms with Crippen molar-refractivity contribution < 1.29 is 0 Å². The summed E-state index contributed by atoms with van der Waals surface area (Å²) in [5.41, 5.74) is 9.89. The van der Waals surface area contributed by atoms with E-state index in [4.69, 9.17) is 5.73 Å². The van der Waals surface area contributed by atoms with E-state index in [9.17, 15) is 0 Å². The summed E-state index contributed by atoms with van der Waals surface area (Å²) in [5, 5.41) is 3.45. The summed E-state index contributed by atoms with van der Waals surface area (Å²) in [4.78, 5) is 8.43. The van der Waals surface area contributed by atoms with Gasteiger partial charge < -0.3 is 11.1 Å². The van der Waals surface area contributed by atoms with Crippen LogP contribution >= 0.6 is 0 Å². The van der Waals surface area contributed by atoms with Crippen LogP contribution in [0.4, 0.5) is 11.6 Å². The molecule has 0 saturated carbocycles. The van der Waals surface area contributed by atoms with Crippen molar-refractivity contribution in [3.05, 3.63) is 47.3 Å². The van der Waals surface area contributed by atoms with Crippen LogP contribution in [-0.2, 0) is 6.42 Å². The molecule has 1 unspecified atom stereocenters. The first-order valence-electron chi connectivity index (χ1n) is 7.09. The molecule has 0 bridgehead atoms. The van der Waals surface area contributed by atoms with Gasteiger partial charge in [-0.25, -0.2) is 9.97 Å². The lowest BCUT2D eigenvalue weighted by Crippen LogP contribution is -2.25. The fourth-order valence-corrected chi connectivity index (χ4v) is 2.88. The Morgan fingerprint density at radius 2 is 2.10 bits per heavy atom. The number of nitrogens with two attached hydrogens (primary N) is 1. The third-order valence-corrected chi connectivity index (χ3v) is 3.97. The summed E-state index contributed by atoms with van der Waals surface area (Å²) >= 11 is 0. The van der Waals surface area contributed by atoms with Crippen molar-refractivity contribution >= 4 is 11.6 Å². The van der Waals surface area contributed by atoms with E-state index < -0.39 is 0 Å². The van der Waals surface area contributed by atoms with Crippen LogP contribution in [0.25, 0.3) is 0 Å². The Kier molecular flexibility index (Phi) is 3.30. The molecule has 1 atom stereocenters. The number of nitrogens with one attached hydrogen (secondary N) is 1. The normalized spacial score (nSPS) is 16.6. The summed E-state index contributed by atoms with van der Waals surface area (Å²) in [6.07, 6.45) is 2.67. The minimum absolute atomic E-state index is 0.312. The Hall–Kier alpha value is -2.10. The number of anilines is 2. The number of nitrogen functional groups attached to an aromatic ring is 1. The maximum absolute atomic E-state index is 5.96. The van der Waals surface area contributed by atoms with E-state index >= 15 is 0 Å². The molecule has 1 heterocycles. The third kappa shape index (κ3) is 2.22. The molecule has 0 fully saturated rings. The molecule has 1 aromatic carbocycles. The molecule has 1 aliphatic carbocycles. The van der Waals surface area contributed by atoms with Crippen LogP contribution in [0.15, 0.2) is 30.6 Å². The number of rotatable bonds is 4. The van der Waals surface area contributed by atoms with E-state index in [-0.39, 0.29) is 0 Å². The van der Waals surface area contributed by atoms with Crippen LogP contribution in [0.2, 0.25) is 0 Å². The van der Waals surface area contributed by atoms with E-state index in [1.807, 2.05) is 0 Å². The number of hydrogen-bond acceptors (Lipinski definition) is 4. The van der Waals surface area contributed by atoms with Gasteiger partial charge in [0.15, 0.2) is 0 Å². The Morgan fingerprint density at radius 3 is 2.85 bits per heavy atom. The molecule has 0 radical (unpaired) electrons. The number of aromatic nitrogens is 2. The molecular formula is C16H20N4. The van der Waals surface area contributed by atoms with Gasteiger partial charge in [0.05, 0.1) is 0 Å². The molecule has 1 aromatic heterocycles. The summed E-state index contributed by atoms with van der Waals surface area (Å²) < 4.78 is 0. The van der Waals surface area contributed by atoms with Crippen LogP contribution in [0.1, 0.15) is 42.4 Å². The van der Waals surface area contributed by atoms with E-state index in [1.165, 1.54) is 17.5 Å². The molecule has 0 aliphatic heterocycles. The Labute approximate surface area is 119 Å². The smallest absolute Gasteiger partial charge is 0.135 e. The fraction of sp³-hybridized carbons (Fsp3) is 0.375. The van der Waals surface area contributed by atoms with Crippen molar-refractivity contribution in [1.29, 1.82) is 0 Å². The molecule has 3 rings (SSSR count). The van der Waals surface area contributed by atoms with Crippen molar-refractivity contribution in [3.63, 3.8) is 0 Å². The second kappa shape index (κ2) is 5.12. The van der Waals surface area contributed by atoms with E-state index in [0.717, 1.165) is 24.3 Å². The summed E-state index contributed by atoms with van der Waals surface area (Å²) in [7, 11) is 0. The van der Waals surface area contributed by atoms with Crippen molar-refractivity contribution in [2.24, 2.45) is 0 Å². The van der Waals surface area contributed by atoms with Crippen LogP contribution in [0, 0.1) is 0 Å². The van der Waals surface area contributed by atoms with Crippen molar-refractivity contribution in [1.82, 2.24) is 9.97 Å². The largest absolute Gasteiger partial charge is 0.383 e. The average molecular weight is 268 g/mol. The molecule has 0 amide bonds. The Bertz CT molecular complexity index is 622. The molecule has 4 nitrogen and oxygen atoms in total. The van der Waals surface area contributed by atoms with Crippen LogP contribution in [0.5, 0.6) is 0 Å². The Morgan fingerprint density at radius 1 is 1.30 bits per heavy atom. The van der Waals surface area contributed by atoms with Gasteiger partial charge in [-0.2, -0.15) is 0 Å². The first-order chi connectivity index (χ1) is 9.66. The van der Waals surface area contributed by atoms with Gasteiger partial charge in [-0.05, 0) is 23.5 Å². The highest BCUT2D eigenvalue weighted by molar-refractivity contribution is 5.57. The molecule has 3 N–H and O–H groups in total. The van der Waals surface area contributed by atoms with Gasteiger partial charge in [0, 0.05) is 18.0 Å². The third-order valence-electron chi connectivity index (χ3n) is 3.97. The van der Waals surface area contributed by atoms with Gasteiger partial charge in [-0.15, -0.1) is 0 Å². The van der Waals surface area contributed by atoms with Crippen LogP contribution in [0.3, 0.4) is 0 Å². The van der Waals surface area contributed by atoms with Crippen molar-refractivity contribution in [2.75, 3.05) is 17.6 Å². The predicted octanol–water partition coefficient (Wildman–Crippen LogP) is 2.93. The summed E-state index contributed by atoms with van der Waals surface area (Å²) in [6.45, 7) is 5.12. The highest BCUT2D eigenvalue weighted by Gasteiger charge is 2.25. The first-order valence-corrected chi connectivity index (χ1v) is 7.09. The number of fused-ring (bicyclic) bond motifs is 1. The number of nitrogens with zero attached hydrogens (tertiary/aromatic N) is 2. The van der Waals surface area contributed by atoms with Gasteiger partial charge in [-0.1, -0.05) is 38.1 Å². The minimum atomic E-state index is 0.312. The minimum Gasteiger partial charge on any atom is -0.383 e. The van der Waals surface area contributed by atoms with Gasteiger partial charge in [-0.3, -0.25) is 0 Å². The maximum Gasteiger partial charge on any atom is 0.135 e. The highest BCUT2D eigenvalue weighted by atomic mass is 15.0. The fourth-order valence-electron chi connectivity index (χ4n) is 2.88. The quantitative estimate of drug-likeness (QED) is 0.895. The molecule has 0 spiro atoms. The maximum atomic E-state index is 5.96. The zero-order valence-electron chi connectivity index (χ0n) is 11.9. The second-order valence-corrected chi connectivity index (χ2v) is 5.66. The van der Waals surface area contributed by atoms with Crippen molar-refractivity contribution in [3.8, 4) is 0 Å². The average Bonchev–Trinajstić information content (AvgIpc) is 2.39. The number of hydrogen-bond donors (Lipinski definition) is 2. The van der Waals surface area contributed by atoms with Crippen LogP contribution in [-0.4, -0.2) is 16.5 Å². The van der Waals surface area contributed by atoms with Crippen molar-refractivity contribution in [2.45, 2.75) is 32.1 Å². The molecule has 104 valence electrons. The standard InChI is InChI=1S/C16H20N4/c1-10(2)14-15(17)19-9-20-16(14)18-8-12-7-11-5-3-4-6-13(11)12/h3-6,9-10,12H,7-8H2,1-2H3,(H3,17,18,19,20). The summed E-state index contributed by atoms with van der Waals surface area (Å²) in [5.74, 6) is 2.33. The zero-order valence-corrected chi connectivity index (χ0v) is 11.9. The number of benzene rings is 1. The molecule has 4 heteroatoms. The molecule has 20 heavy (non-hydrogen) atoms. The monoisotopic (exact) mass is 268 g/mol. The molecule has 0 saturated heterocycles. The van der Waals surface area contributed by atoms with E-state index in [0.29, 0.717) is 17.7 Å². The SMILES string of the molecule is CC(C)c1c(N)ncnc1NCC1Cc2ccccc21. The molecule has 1 aliphatic rings. The lowest BCUT2D eigenvalue weighted by atomic mass is 9.77. The van der Waals surface area contributed by atoms with E-state index in [1.54, 1.807) is 0 Å². The Balaban J connectivity index is 1.73. The van der Waals surface area contributed by atoms with Gasteiger partial charge in [0.25, 0.3) is 0 Å². The molecular weight excluding hydrogens is 248 g/mol. The van der Waals surface area contributed by atoms with Crippen LogP contribution < -0.4 is 11.1 Å². The lowest BCUT2D eigenvalue weighted by Gasteiger charge is -2.30. The first kappa shape index (κ1) is 12.9.